The number of rotatable bonds is 7. The Balaban J connectivity index is 2.07. The van der Waals surface area contributed by atoms with Crippen molar-refractivity contribution < 1.29 is 28.5 Å². The molecule has 0 fully saturated rings. The van der Waals surface area contributed by atoms with Crippen LogP contribution < -0.4 is 14.2 Å². The summed E-state index contributed by atoms with van der Waals surface area (Å²) in [7, 11) is 4.72. The molecule has 2 atom stereocenters. The number of methoxy groups -OCH3 is 3. The van der Waals surface area contributed by atoms with Gasteiger partial charge in [0.2, 0.25) is 0 Å². The maximum atomic E-state index is 13.1. The van der Waals surface area contributed by atoms with Crippen LogP contribution >= 0.6 is 0 Å². The van der Waals surface area contributed by atoms with E-state index in [0.29, 0.717) is 23.7 Å². The Hall–Kier alpha value is -3.28. The third kappa shape index (κ3) is 4.17. The molecule has 0 amide bonds. The normalized spacial score (nSPS) is 18.4. The van der Waals surface area contributed by atoms with Crippen molar-refractivity contribution in [3.63, 3.8) is 0 Å². The SMILES string of the molecule is CCOC(=O)[C@H]1C(=O)C=C(c2ccc(OC)c(OC)c2)C[C@@H]1c1ccccc1OC. The topological polar surface area (TPSA) is 71.1 Å². The van der Waals surface area contributed by atoms with Gasteiger partial charge in [-0.3, -0.25) is 9.59 Å². The number of carbonyl (C=O) groups excluding carboxylic acids is 2. The summed E-state index contributed by atoms with van der Waals surface area (Å²) in [6.45, 7) is 1.95. The van der Waals surface area contributed by atoms with Crippen LogP contribution in [-0.2, 0) is 14.3 Å². The van der Waals surface area contributed by atoms with E-state index in [9.17, 15) is 9.59 Å². The predicted octanol–water partition coefficient (Wildman–Crippen LogP) is 4.03. The van der Waals surface area contributed by atoms with Crippen LogP contribution in [0.4, 0.5) is 0 Å². The number of ketones is 1. The van der Waals surface area contributed by atoms with E-state index in [0.717, 1.165) is 16.7 Å². The van der Waals surface area contributed by atoms with Crippen LogP contribution in [0.15, 0.2) is 48.5 Å². The molecule has 0 radical (unpaired) electrons. The fraction of sp³-hybridized carbons (Fsp3) is 0.333. The molecular formula is C24H26O6. The van der Waals surface area contributed by atoms with Gasteiger partial charge in [-0.25, -0.2) is 0 Å². The van der Waals surface area contributed by atoms with E-state index in [1.165, 1.54) is 6.08 Å². The highest BCUT2D eigenvalue weighted by atomic mass is 16.5. The van der Waals surface area contributed by atoms with Crippen LogP contribution in [0, 0.1) is 5.92 Å². The van der Waals surface area contributed by atoms with Crippen molar-refractivity contribution in [3.05, 3.63) is 59.7 Å². The van der Waals surface area contributed by atoms with E-state index in [2.05, 4.69) is 0 Å². The molecule has 2 aromatic rings. The predicted molar refractivity (Wildman–Crippen MR) is 113 cm³/mol. The number of esters is 1. The maximum Gasteiger partial charge on any atom is 0.317 e. The van der Waals surface area contributed by atoms with Gasteiger partial charge in [-0.1, -0.05) is 24.3 Å². The number of allylic oxidation sites excluding steroid dienone is 2. The first kappa shape index (κ1) is 21.4. The molecule has 158 valence electrons. The monoisotopic (exact) mass is 410 g/mol. The van der Waals surface area contributed by atoms with Gasteiger partial charge in [-0.05, 0) is 54.3 Å². The van der Waals surface area contributed by atoms with Crippen molar-refractivity contribution in [2.24, 2.45) is 5.92 Å². The number of para-hydroxylation sites is 1. The molecule has 0 spiro atoms. The van der Waals surface area contributed by atoms with Gasteiger partial charge in [0, 0.05) is 5.92 Å². The van der Waals surface area contributed by atoms with Crippen LogP contribution in [0.5, 0.6) is 17.2 Å². The quantitative estimate of drug-likeness (QED) is 0.507. The first-order chi connectivity index (χ1) is 14.5. The molecule has 0 heterocycles. The van der Waals surface area contributed by atoms with Crippen molar-refractivity contribution in [3.8, 4) is 17.2 Å². The Kier molecular flexibility index (Phi) is 6.77. The minimum absolute atomic E-state index is 0.216. The molecular weight excluding hydrogens is 384 g/mol. The molecule has 0 aromatic heterocycles. The third-order valence-electron chi connectivity index (χ3n) is 5.30. The summed E-state index contributed by atoms with van der Waals surface area (Å²) >= 11 is 0. The highest BCUT2D eigenvalue weighted by molar-refractivity contribution is 6.10. The molecule has 0 unspecified atom stereocenters. The first-order valence-electron chi connectivity index (χ1n) is 9.80. The van der Waals surface area contributed by atoms with Crippen molar-refractivity contribution in [1.82, 2.24) is 0 Å². The van der Waals surface area contributed by atoms with Gasteiger partial charge >= 0.3 is 5.97 Å². The van der Waals surface area contributed by atoms with E-state index in [1.807, 2.05) is 36.4 Å². The Morgan fingerprint density at radius 3 is 2.33 bits per heavy atom. The molecule has 0 saturated heterocycles. The molecule has 0 bridgehead atoms. The molecule has 0 N–H and O–H groups in total. The number of benzene rings is 2. The molecule has 2 aromatic carbocycles. The summed E-state index contributed by atoms with van der Waals surface area (Å²) in [5.41, 5.74) is 2.46. The summed E-state index contributed by atoms with van der Waals surface area (Å²) in [5, 5.41) is 0. The lowest BCUT2D eigenvalue weighted by atomic mass is 9.73. The zero-order valence-electron chi connectivity index (χ0n) is 17.6. The second kappa shape index (κ2) is 9.48. The number of carbonyl (C=O) groups is 2. The van der Waals surface area contributed by atoms with Gasteiger partial charge in [0.1, 0.15) is 11.7 Å². The van der Waals surface area contributed by atoms with Gasteiger partial charge < -0.3 is 18.9 Å². The molecule has 3 rings (SSSR count). The highest BCUT2D eigenvalue weighted by Crippen LogP contribution is 2.44. The van der Waals surface area contributed by atoms with E-state index in [4.69, 9.17) is 18.9 Å². The minimum Gasteiger partial charge on any atom is -0.496 e. The molecule has 1 aliphatic carbocycles. The van der Waals surface area contributed by atoms with Crippen LogP contribution in [-0.4, -0.2) is 39.7 Å². The van der Waals surface area contributed by atoms with Crippen LogP contribution in [0.1, 0.15) is 30.4 Å². The average Bonchev–Trinajstić information content (AvgIpc) is 2.78. The maximum absolute atomic E-state index is 13.1. The van der Waals surface area contributed by atoms with Crippen LogP contribution in [0.2, 0.25) is 0 Å². The van der Waals surface area contributed by atoms with E-state index < -0.39 is 17.8 Å². The van der Waals surface area contributed by atoms with Crippen molar-refractivity contribution in [1.29, 1.82) is 0 Å². The number of hydrogen-bond acceptors (Lipinski definition) is 6. The van der Waals surface area contributed by atoms with Gasteiger partial charge in [-0.2, -0.15) is 0 Å². The van der Waals surface area contributed by atoms with Crippen molar-refractivity contribution in [2.75, 3.05) is 27.9 Å². The Bertz CT molecular complexity index is 962. The largest absolute Gasteiger partial charge is 0.496 e. The summed E-state index contributed by atoms with van der Waals surface area (Å²) in [6, 6.07) is 13.0. The summed E-state index contributed by atoms with van der Waals surface area (Å²) in [4.78, 5) is 25.8. The Morgan fingerprint density at radius 1 is 0.967 bits per heavy atom. The van der Waals surface area contributed by atoms with Gasteiger partial charge in [0.05, 0.1) is 27.9 Å². The van der Waals surface area contributed by atoms with Gasteiger partial charge in [0.25, 0.3) is 0 Å². The summed E-state index contributed by atoms with van der Waals surface area (Å²) in [5.74, 6) is -0.287. The standard InChI is InChI=1S/C24H26O6/c1-5-30-24(26)23-18(17-8-6-7-9-20(17)27-2)12-16(13-19(23)25)15-10-11-21(28-3)22(14-15)29-4/h6-11,13-14,18,23H,5,12H2,1-4H3/t18-,23-/m1/s1. The minimum atomic E-state index is -0.912. The van der Waals surface area contributed by atoms with Crippen LogP contribution in [0.3, 0.4) is 0 Å². The van der Waals surface area contributed by atoms with Crippen molar-refractivity contribution in [2.45, 2.75) is 19.3 Å². The van der Waals surface area contributed by atoms with Gasteiger partial charge in [-0.15, -0.1) is 0 Å². The molecule has 6 heteroatoms. The molecule has 6 nitrogen and oxygen atoms in total. The first-order valence-corrected chi connectivity index (χ1v) is 9.80. The Labute approximate surface area is 176 Å². The smallest absolute Gasteiger partial charge is 0.317 e. The molecule has 1 aliphatic rings. The highest BCUT2D eigenvalue weighted by Gasteiger charge is 2.41. The second-order valence-corrected chi connectivity index (χ2v) is 6.92. The van der Waals surface area contributed by atoms with E-state index in [1.54, 1.807) is 34.3 Å². The average molecular weight is 410 g/mol. The lowest BCUT2D eigenvalue weighted by Gasteiger charge is -2.30. The summed E-state index contributed by atoms with van der Waals surface area (Å²) < 4.78 is 21.4. The van der Waals surface area contributed by atoms with E-state index in [-0.39, 0.29) is 12.4 Å². The number of hydrogen-bond donors (Lipinski definition) is 0. The molecule has 0 aliphatic heterocycles. The fourth-order valence-corrected chi connectivity index (χ4v) is 3.89. The van der Waals surface area contributed by atoms with Crippen molar-refractivity contribution >= 4 is 17.3 Å². The van der Waals surface area contributed by atoms with Crippen LogP contribution in [0.25, 0.3) is 5.57 Å². The fourth-order valence-electron chi connectivity index (χ4n) is 3.89. The molecule has 30 heavy (non-hydrogen) atoms. The van der Waals surface area contributed by atoms with Gasteiger partial charge in [0.15, 0.2) is 17.3 Å². The zero-order valence-corrected chi connectivity index (χ0v) is 17.6. The lowest BCUT2D eigenvalue weighted by Crippen LogP contribution is -2.34. The van der Waals surface area contributed by atoms with E-state index >= 15 is 0 Å². The number of ether oxygens (including phenoxy) is 4. The second-order valence-electron chi connectivity index (χ2n) is 6.92. The Morgan fingerprint density at radius 2 is 1.67 bits per heavy atom. The summed E-state index contributed by atoms with van der Waals surface area (Å²) in [6.07, 6.45) is 2.01. The lowest BCUT2D eigenvalue weighted by molar-refractivity contribution is -0.151. The zero-order chi connectivity index (χ0) is 21.7. The third-order valence-corrected chi connectivity index (χ3v) is 5.30. The molecule has 0 saturated carbocycles.